The first-order valence-electron chi connectivity index (χ1n) is 5.83. The molecule has 0 radical (unpaired) electrons. The molecule has 1 N–H and O–H groups in total. The van der Waals surface area contributed by atoms with Gasteiger partial charge >= 0.3 is 0 Å². The van der Waals surface area contributed by atoms with E-state index in [1.165, 1.54) is 9.87 Å². The zero-order valence-corrected chi connectivity index (χ0v) is 11.0. The third kappa shape index (κ3) is 2.86. The zero-order chi connectivity index (χ0) is 12.5. The highest BCUT2D eigenvalue weighted by Crippen LogP contribution is 2.20. The first kappa shape index (κ1) is 12.5. The van der Waals surface area contributed by atoms with Crippen molar-refractivity contribution in [2.24, 2.45) is 0 Å². The lowest BCUT2D eigenvalue weighted by atomic mass is 10.0. The molecule has 1 heterocycles. The van der Waals surface area contributed by atoms with E-state index in [-0.39, 0.29) is 6.04 Å². The molecule has 0 aromatic heterocycles. The third-order valence-corrected chi connectivity index (χ3v) is 4.58. The van der Waals surface area contributed by atoms with Crippen LogP contribution in [-0.4, -0.2) is 25.3 Å². The molecule has 0 bridgehead atoms. The Balaban J connectivity index is 2.18. The molecule has 1 aromatic rings. The fourth-order valence-electron chi connectivity index (χ4n) is 2.05. The van der Waals surface area contributed by atoms with Crippen LogP contribution < -0.4 is 4.72 Å². The van der Waals surface area contributed by atoms with Gasteiger partial charge in [0.1, 0.15) is 0 Å². The summed E-state index contributed by atoms with van der Waals surface area (Å²) in [4.78, 5) is 0. The molecule has 1 aromatic carbocycles. The van der Waals surface area contributed by atoms with Crippen molar-refractivity contribution in [1.29, 1.82) is 0 Å². The minimum atomic E-state index is -3.34. The van der Waals surface area contributed by atoms with Crippen molar-refractivity contribution in [3.8, 4) is 0 Å². The molecular weight excluding hydrogens is 236 g/mol. The van der Waals surface area contributed by atoms with Crippen molar-refractivity contribution >= 4 is 10.2 Å². The number of fused-ring (bicyclic) bond motifs is 1. The molecule has 0 atom stereocenters. The van der Waals surface area contributed by atoms with Crippen LogP contribution in [0.2, 0.25) is 0 Å². The molecule has 0 saturated heterocycles. The van der Waals surface area contributed by atoms with Crippen LogP contribution in [0.4, 0.5) is 0 Å². The average molecular weight is 254 g/mol. The Hall–Kier alpha value is -0.910. The predicted molar refractivity (Wildman–Crippen MR) is 67.7 cm³/mol. The van der Waals surface area contributed by atoms with Crippen molar-refractivity contribution in [3.63, 3.8) is 0 Å². The van der Waals surface area contributed by atoms with Crippen LogP contribution in [-0.2, 0) is 23.2 Å². The van der Waals surface area contributed by atoms with E-state index in [4.69, 9.17) is 0 Å². The van der Waals surface area contributed by atoms with Gasteiger partial charge in [0, 0.05) is 19.1 Å². The number of nitrogens with one attached hydrogen (secondary N) is 1. The van der Waals surface area contributed by atoms with Crippen LogP contribution in [0, 0.1) is 0 Å². The predicted octanol–water partition coefficient (Wildman–Crippen LogP) is 1.29. The lowest BCUT2D eigenvalue weighted by Crippen LogP contribution is -2.45. The molecule has 1 aliphatic heterocycles. The monoisotopic (exact) mass is 254 g/mol. The number of benzene rings is 1. The number of hydrogen-bond donors (Lipinski definition) is 1. The minimum absolute atomic E-state index is 0.0721. The minimum Gasteiger partial charge on any atom is -0.200 e. The van der Waals surface area contributed by atoms with Gasteiger partial charge in [0.05, 0.1) is 0 Å². The van der Waals surface area contributed by atoms with Gasteiger partial charge in [0.2, 0.25) is 0 Å². The summed E-state index contributed by atoms with van der Waals surface area (Å²) in [5.41, 5.74) is 2.36. The molecule has 0 spiro atoms. The molecule has 17 heavy (non-hydrogen) atoms. The Bertz CT molecular complexity index is 497. The Labute approximate surface area is 103 Å². The maximum Gasteiger partial charge on any atom is 0.279 e. The van der Waals surface area contributed by atoms with Crippen LogP contribution in [0.25, 0.3) is 0 Å². The van der Waals surface area contributed by atoms with Crippen LogP contribution in [0.1, 0.15) is 25.0 Å². The first-order valence-corrected chi connectivity index (χ1v) is 7.27. The van der Waals surface area contributed by atoms with Crippen molar-refractivity contribution < 1.29 is 8.42 Å². The van der Waals surface area contributed by atoms with E-state index in [2.05, 4.69) is 10.8 Å². The summed E-state index contributed by atoms with van der Waals surface area (Å²) in [6.07, 6.45) is 0.787. The van der Waals surface area contributed by atoms with E-state index in [0.29, 0.717) is 13.1 Å². The highest BCUT2D eigenvalue weighted by molar-refractivity contribution is 7.87. The van der Waals surface area contributed by atoms with Crippen molar-refractivity contribution in [2.45, 2.75) is 32.9 Å². The van der Waals surface area contributed by atoms with Gasteiger partial charge in [-0.05, 0) is 31.4 Å². The van der Waals surface area contributed by atoms with Gasteiger partial charge < -0.3 is 0 Å². The van der Waals surface area contributed by atoms with Gasteiger partial charge in [0.15, 0.2) is 0 Å². The Morgan fingerprint density at radius 3 is 2.53 bits per heavy atom. The standard InChI is InChI=1S/C12H18N2O2S/c1-10(2)13-17(15,16)14-8-7-11-5-3-4-6-12(11)9-14/h3-6,10,13H,7-9H2,1-2H3. The van der Waals surface area contributed by atoms with Crippen molar-refractivity contribution in [3.05, 3.63) is 35.4 Å². The summed E-state index contributed by atoms with van der Waals surface area (Å²) in [5, 5.41) is 0. The normalized spacial score (nSPS) is 17.1. The van der Waals surface area contributed by atoms with Crippen molar-refractivity contribution in [1.82, 2.24) is 9.03 Å². The second kappa shape index (κ2) is 4.76. The fraction of sp³-hybridized carbons (Fsp3) is 0.500. The molecule has 0 fully saturated rings. The molecule has 0 amide bonds. The van der Waals surface area contributed by atoms with Gasteiger partial charge in [-0.3, -0.25) is 0 Å². The fourth-order valence-corrected chi connectivity index (χ4v) is 3.43. The highest BCUT2D eigenvalue weighted by atomic mass is 32.2. The highest BCUT2D eigenvalue weighted by Gasteiger charge is 2.26. The summed E-state index contributed by atoms with van der Waals surface area (Å²) in [6.45, 7) is 4.68. The largest absolute Gasteiger partial charge is 0.279 e. The van der Waals surface area contributed by atoms with Crippen LogP contribution in [0.5, 0.6) is 0 Å². The van der Waals surface area contributed by atoms with Gasteiger partial charge in [-0.15, -0.1) is 0 Å². The van der Waals surface area contributed by atoms with E-state index in [1.54, 1.807) is 0 Å². The summed E-state index contributed by atoms with van der Waals surface area (Å²) in [5.74, 6) is 0. The molecule has 0 aliphatic carbocycles. The molecule has 2 rings (SSSR count). The Morgan fingerprint density at radius 2 is 1.88 bits per heavy atom. The smallest absolute Gasteiger partial charge is 0.200 e. The molecule has 1 aliphatic rings. The third-order valence-electron chi connectivity index (χ3n) is 2.82. The summed E-state index contributed by atoms with van der Waals surface area (Å²) >= 11 is 0. The SMILES string of the molecule is CC(C)NS(=O)(=O)N1CCc2ccccc2C1. The van der Waals surface area contributed by atoms with Crippen LogP contribution in [0.3, 0.4) is 0 Å². The average Bonchev–Trinajstić information content (AvgIpc) is 2.26. The van der Waals surface area contributed by atoms with E-state index in [0.717, 1.165) is 12.0 Å². The first-order chi connectivity index (χ1) is 7.99. The number of hydrogen-bond acceptors (Lipinski definition) is 2. The summed E-state index contributed by atoms with van der Waals surface area (Å²) < 4.78 is 28.2. The number of nitrogens with zero attached hydrogens (tertiary/aromatic N) is 1. The lowest BCUT2D eigenvalue weighted by Gasteiger charge is -2.28. The van der Waals surface area contributed by atoms with Gasteiger partial charge in [0.25, 0.3) is 10.2 Å². The Morgan fingerprint density at radius 1 is 1.24 bits per heavy atom. The van der Waals surface area contributed by atoms with Crippen LogP contribution in [0.15, 0.2) is 24.3 Å². The maximum absolute atomic E-state index is 12.0. The van der Waals surface area contributed by atoms with Gasteiger partial charge in [-0.25, -0.2) is 0 Å². The quantitative estimate of drug-likeness (QED) is 0.883. The lowest BCUT2D eigenvalue weighted by molar-refractivity contribution is 0.381. The topological polar surface area (TPSA) is 49.4 Å². The van der Waals surface area contributed by atoms with E-state index in [1.807, 2.05) is 32.0 Å². The second-order valence-corrected chi connectivity index (χ2v) is 6.33. The van der Waals surface area contributed by atoms with Gasteiger partial charge in [-0.1, -0.05) is 24.3 Å². The van der Waals surface area contributed by atoms with E-state index < -0.39 is 10.2 Å². The maximum atomic E-state index is 12.0. The zero-order valence-electron chi connectivity index (χ0n) is 10.2. The molecule has 4 nitrogen and oxygen atoms in total. The molecular formula is C12H18N2O2S. The molecule has 5 heteroatoms. The van der Waals surface area contributed by atoms with Crippen LogP contribution >= 0.6 is 0 Å². The molecule has 0 unspecified atom stereocenters. The van der Waals surface area contributed by atoms with Crippen molar-refractivity contribution in [2.75, 3.05) is 6.54 Å². The summed E-state index contributed by atoms with van der Waals surface area (Å²) in [6, 6.07) is 7.93. The number of rotatable bonds is 3. The van der Waals surface area contributed by atoms with Gasteiger partial charge in [-0.2, -0.15) is 17.4 Å². The van der Waals surface area contributed by atoms with E-state index in [9.17, 15) is 8.42 Å². The van der Waals surface area contributed by atoms with E-state index >= 15 is 0 Å². The molecule has 94 valence electrons. The Kier molecular flexibility index (Phi) is 3.51. The second-order valence-electron chi connectivity index (χ2n) is 4.63. The molecule has 0 saturated carbocycles. The summed E-state index contributed by atoms with van der Waals surface area (Å²) in [7, 11) is -3.34.